The van der Waals surface area contributed by atoms with Crippen molar-refractivity contribution in [3.63, 3.8) is 0 Å². The molecule has 0 spiro atoms. The number of piperazine rings is 1. The molecule has 0 saturated carbocycles. The van der Waals surface area contributed by atoms with E-state index in [0.717, 1.165) is 26.2 Å². The number of nitrogens with one attached hydrogen (secondary N) is 1. The van der Waals surface area contributed by atoms with E-state index in [1.807, 2.05) is 6.92 Å². The quantitative estimate of drug-likeness (QED) is 0.658. The first-order valence-electron chi connectivity index (χ1n) is 6.01. The Balaban J connectivity index is 0.00000180. The minimum absolute atomic E-state index is 0. The van der Waals surface area contributed by atoms with Gasteiger partial charge in [0.25, 0.3) is 5.69 Å². The number of hydrogen-bond acceptors (Lipinski definition) is 5. The summed E-state index contributed by atoms with van der Waals surface area (Å²) in [5.74, 6) is 0.0672. The van der Waals surface area contributed by atoms with E-state index in [1.54, 1.807) is 0 Å². The third kappa shape index (κ3) is 4.21. The van der Waals surface area contributed by atoms with Crippen LogP contribution in [0.4, 0.5) is 5.69 Å². The van der Waals surface area contributed by atoms with Crippen molar-refractivity contribution >= 4 is 30.5 Å². The molecule has 1 aliphatic rings. The maximum Gasteiger partial charge on any atom is 0.274 e. The van der Waals surface area contributed by atoms with Crippen LogP contribution in [0.5, 0.6) is 5.75 Å². The van der Waals surface area contributed by atoms with Gasteiger partial charge in [-0.2, -0.15) is 0 Å². The average Bonchev–Trinajstić information content (AvgIpc) is 2.38. The molecule has 2 N–H and O–H groups in total. The maximum absolute atomic E-state index is 11.0. The molecule has 1 fully saturated rings. The van der Waals surface area contributed by atoms with Gasteiger partial charge in [0.2, 0.25) is 0 Å². The van der Waals surface area contributed by atoms with E-state index < -0.39 is 4.92 Å². The summed E-state index contributed by atoms with van der Waals surface area (Å²) in [6.07, 6.45) is 0. The molecule has 1 heterocycles. The number of benzene rings is 1. The van der Waals surface area contributed by atoms with Gasteiger partial charge in [-0.1, -0.05) is 0 Å². The highest BCUT2D eigenvalue weighted by atomic mass is 35.5. The SMILES string of the molecule is C[C@H](c1cc(O)ccc1[N+](=O)[O-])N1CCNCC1.Cl.Cl. The van der Waals surface area contributed by atoms with Crippen LogP contribution in [-0.4, -0.2) is 41.1 Å². The van der Waals surface area contributed by atoms with E-state index in [1.165, 1.54) is 18.2 Å². The van der Waals surface area contributed by atoms with Crippen molar-refractivity contribution in [3.8, 4) is 5.75 Å². The fraction of sp³-hybridized carbons (Fsp3) is 0.500. The van der Waals surface area contributed by atoms with E-state index in [9.17, 15) is 15.2 Å². The largest absolute Gasteiger partial charge is 0.508 e. The third-order valence-electron chi connectivity index (χ3n) is 3.36. The van der Waals surface area contributed by atoms with Gasteiger partial charge in [0, 0.05) is 38.3 Å². The molecule has 0 aliphatic carbocycles. The molecule has 0 aromatic heterocycles. The molecule has 8 heteroatoms. The molecule has 0 bridgehead atoms. The van der Waals surface area contributed by atoms with Gasteiger partial charge in [-0.15, -0.1) is 24.8 Å². The van der Waals surface area contributed by atoms with Gasteiger partial charge in [-0.25, -0.2) is 0 Å². The minimum atomic E-state index is -0.395. The van der Waals surface area contributed by atoms with Crippen molar-refractivity contribution in [1.82, 2.24) is 10.2 Å². The van der Waals surface area contributed by atoms with Gasteiger partial charge >= 0.3 is 0 Å². The highest BCUT2D eigenvalue weighted by Crippen LogP contribution is 2.31. The minimum Gasteiger partial charge on any atom is -0.508 e. The highest BCUT2D eigenvalue weighted by molar-refractivity contribution is 5.85. The summed E-state index contributed by atoms with van der Waals surface area (Å²) in [6.45, 7) is 5.42. The molecule has 6 nitrogen and oxygen atoms in total. The number of halogens is 2. The standard InChI is InChI=1S/C12H17N3O3.2ClH/c1-9(14-6-4-13-5-7-14)11-8-10(16)2-3-12(11)15(17)18;;/h2-3,8-9,13,16H,4-7H2,1H3;2*1H/t9-;;/m1../s1. The second-order valence-corrected chi connectivity index (χ2v) is 4.46. The number of nitrogens with zero attached hydrogens (tertiary/aromatic N) is 2. The molecular weight excluding hydrogens is 305 g/mol. The molecular formula is C12H19Cl2N3O3. The summed E-state index contributed by atoms with van der Waals surface area (Å²) in [4.78, 5) is 12.8. The number of rotatable bonds is 3. The van der Waals surface area contributed by atoms with Crippen molar-refractivity contribution in [1.29, 1.82) is 0 Å². The summed E-state index contributed by atoms with van der Waals surface area (Å²) in [7, 11) is 0. The summed E-state index contributed by atoms with van der Waals surface area (Å²) in [5.41, 5.74) is 0.640. The lowest BCUT2D eigenvalue weighted by atomic mass is 10.0. The van der Waals surface area contributed by atoms with Crippen molar-refractivity contribution in [3.05, 3.63) is 33.9 Å². The summed E-state index contributed by atoms with van der Waals surface area (Å²) in [6, 6.07) is 4.14. The van der Waals surface area contributed by atoms with Gasteiger partial charge in [-0.3, -0.25) is 15.0 Å². The highest BCUT2D eigenvalue weighted by Gasteiger charge is 2.25. The van der Waals surface area contributed by atoms with E-state index in [-0.39, 0.29) is 42.3 Å². The Labute approximate surface area is 130 Å². The number of phenols is 1. The van der Waals surface area contributed by atoms with Gasteiger partial charge in [-0.05, 0) is 19.1 Å². The van der Waals surface area contributed by atoms with Crippen molar-refractivity contribution < 1.29 is 10.0 Å². The Morgan fingerprint density at radius 2 is 1.95 bits per heavy atom. The van der Waals surface area contributed by atoms with Gasteiger partial charge in [0.05, 0.1) is 10.5 Å². The summed E-state index contributed by atoms with van der Waals surface area (Å²) in [5, 5.41) is 23.8. The zero-order valence-corrected chi connectivity index (χ0v) is 12.7. The van der Waals surface area contributed by atoms with Crippen LogP contribution in [0.25, 0.3) is 0 Å². The maximum atomic E-state index is 11.0. The lowest BCUT2D eigenvalue weighted by Gasteiger charge is -2.32. The summed E-state index contributed by atoms with van der Waals surface area (Å²) < 4.78 is 0. The number of nitro benzene ring substituents is 1. The Hall–Kier alpha value is -1.08. The van der Waals surface area contributed by atoms with Crippen molar-refractivity contribution in [2.75, 3.05) is 26.2 Å². The Morgan fingerprint density at radius 3 is 2.50 bits per heavy atom. The first kappa shape index (κ1) is 18.9. The lowest BCUT2D eigenvalue weighted by molar-refractivity contribution is -0.386. The fourth-order valence-corrected chi connectivity index (χ4v) is 2.31. The molecule has 1 saturated heterocycles. The van der Waals surface area contributed by atoms with E-state index in [2.05, 4.69) is 10.2 Å². The topological polar surface area (TPSA) is 78.6 Å². The van der Waals surface area contributed by atoms with Crippen molar-refractivity contribution in [2.24, 2.45) is 0 Å². The second-order valence-electron chi connectivity index (χ2n) is 4.46. The molecule has 20 heavy (non-hydrogen) atoms. The third-order valence-corrected chi connectivity index (χ3v) is 3.36. The number of nitro groups is 1. The number of hydrogen-bond donors (Lipinski definition) is 2. The van der Waals surface area contributed by atoms with E-state index in [4.69, 9.17) is 0 Å². The lowest BCUT2D eigenvalue weighted by Crippen LogP contribution is -2.44. The Morgan fingerprint density at radius 1 is 1.35 bits per heavy atom. The van der Waals surface area contributed by atoms with Crippen LogP contribution in [0.15, 0.2) is 18.2 Å². The summed E-state index contributed by atoms with van der Waals surface area (Å²) >= 11 is 0. The second kappa shape index (κ2) is 8.26. The van der Waals surface area contributed by atoms with Crippen LogP contribution in [0, 0.1) is 10.1 Å². The molecule has 2 rings (SSSR count). The van der Waals surface area contributed by atoms with Gasteiger partial charge in [0.15, 0.2) is 0 Å². The molecule has 1 aromatic rings. The first-order chi connectivity index (χ1) is 8.59. The fourth-order valence-electron chi connectivity index (χ4n) is 2.31. The predicted molar refractivity (Wildman–Crippen MR) is 82.1 cm³/mol. The smallest absolute Gasteiger partial charge is 0.274 e. The van der Waals surface area contributed by atoms with Crippen LogP contribution in [-0.2, 0) is 0 Å². The number of phenolic OH excluding ortho intramolecular Hbond substituents is 1. The van der Waals surface area contributed by atoms with E-state index >= 15 is 0 Å². The molecule has 0 radical (unpaired) electrons. The zero-order valence-electron chi connectivity index (χ0n) is 11.1. The zero-order chi connectivity index (χ0) is 13.1. The molecule has 114 valence electrons. The first-order valence-corrected chi connectivity index (χ1v) is 6.01. The van der Waals surface area contributed by atoms with Gasteiger partial charge in [0.1, 0.15) is 5.75 Å². The van der Waals surface area contributed by atoms with Crippen LogP contribution < -0.4 is 5.32 Å². The molecule has 1 aromatic carbocycles. The molecule has 1 atom stereocenters. The van der Waals surface area contributed by atoms with E-state index in [0.29, 0.717) is 5.56 Å². The van der Waals surface area contributed by atoms with Crippen molar-refractivity contribution in [2.45, 2.75) is 13.0 Å². The van der Waals surface area contributed by atoms with Crippen LogP contribution >= 0.6 is 24.8 Å². The average molecular weight is 324 g/mol. The Kier molecular flexibility index (Phi) is 7.82. The molecule has 1 aliphatic heterocycles. The van der Waals surface area contributed by atoms with Crippen LogP contribution in [0.3, 0.4) is 0 Å². The molecule has 0 amide bonds. The Bertz CT molecular complexity index is 454. The molecule has 0 unspecified atom stereocenters. The normalized spacial score (nSPS) is 16.6. The van der Waals surface area contributed by atoms with Gasteiger partial charge < -0.3 is 10.4 Å². The monoisotopic (exact) mass is 323 g/mol. The van der Waals surface area contributed by atoms with Crippen LogP contribution in [0.1, 0.15) is 18.5 Å². The number of aromatic hydroxyl groups is 1. The predicted octanol–water partition coefficient (Wildman–Crippen LogP) is 2.11. The van der Waals surface area contributed by atoms with Crippen LogP contribution in [0.2, 0.25) is 0 Å².